The third-order valence-electron chi connectivity index (χ3n) is 5.45. The SMILES string of the molecule is CC1(C)OB(c2cnc(NC3CCCN(CCO)C3)nc2)OC1(C)C. The van der Waals surface area contributed by atoms with Gasteiger partial charge in [0.15, 0.2) is 0 Å². The molecule has 0 aliphatic carbocycles. The number of aliphatic hydroxyl groups excluding tert-OH is 1. The highest BCUT2D eigenvalue weighted by Crippen LogP contribution is 2.36. The van der Waals surface area contributed by atoms with Crippen LogP contribution in [0.3, 0.4) is 0 Å². The molecule has 25 heavy (non-hydrogen) atoms. The molecular formula is C17H29BN4O3. The highest BCUT2D eigenvalue weighted by Gasteiger charge is 2.51. The van der Waals surface area contributed by atoms with E-state index in [-0.39, 0.29) is 17.8 Å². The summed E-state index contributed by atoms with van der Waals surface area (Å²) in [4.78, 5) is 11.1. The summed E-state index contributed by atoms with van der Waals surface area (Å²) in [6.07, 6.45) is 5.74. The van der Waals surface area contributed by atoms with Gasteiger partial charge in [-0.05, 0) is 47.1 Å². The lowest BCUT2D eigenvalue weighted by molar-refractivity contribution is 0.00578. The molecule has 1 unspecified atom stereocenters. The Bertz CT molecular complexity index is 564. The molecule has 0 amide bonds. The lowest BCUT2D eigenvalue weighted by atomic mass is 9.81. The third kappa shape index (κ3) is 4.14. The van der Waals surface area contributed by atoms with E-state index in [1.54, 1.807) is 12.4 Å². The van der Waals surface area contributed by atoms with Crippen molar-refractivity contribution in [2.75, 3.05) is 31.6 Å². The van der Waals surface area contributed by atoms with Crippen LogP contribution < -0.4 is 10.8 Å². The van der Waals surface area contributed by atoms with Crippen molar-refractivity contribution in [3.05, 3.63) is 12.4 Å². The van der Waals surface area contributed by atoms with E-state index in [9.17, 15) is 0 Å². The van der Waals surface area contributed by atoms with Gasteiger partial charge in [-0.3, -0.25) is 4.90 Å². The van der Waals surface area contributed by atoms with Gasteiger partial charge < -0.3 is 19.7 Å². The highest BCUT2D eigenvalue weighted by molar-refractivity contribution is 6.61. The molecule has 3 rings (SSSR count). The second-order valence-corrected chi connectivity index (χ2v) is 7.94. The normalized spacial score (nSPS) is 26.0. The van der Waals surface area contributed by atoms with Crippen LogP contribution in [0, 0.1) is 0 Å². The van der Waals surface area contributed by atoms with Crippen LogP contribution in [-0.2, 0) is 9.31 Å². The van der Waals surface area contributed by atoms with Crippen LogP contribution in [0.4, 0.5) is 5.95 Å². The quantitative estimate of drug-likeness (QED) is 0.756. The van der Waals surface area contributed by atoms with E-state index in [2.05, 4.69) is 20.2 Å². The molecule has 0 radical (unpaired) electrons. The second-order valence-electron chi connectivity index (χ2n) is 7.94. The number of rotatable bonds is 5. The molecule has 3 heterocycles. The maximum atomic E-state index is 9.09. The second kappa shape index (κ2) is 7.19. The molecule has 8 heteroatoms. The molecule has 2 saturated heterocycles. The number of nitrogens with one attached hydrogen (secondary N) is 1. The molecule has 0 spiro atoms. The zero-order valence-corrected chi connectivity index (χ0v) is 15.7. The molecule has 0 bridgehead atoms. The van der Waals surface area contributed by atoms with Gasteiger partial charge in [-0.2, -0.15) is 0 Å². The summed E-state index contributed by atoms with van der Waals surface area (Å²) in [5.74, 6) is 0.621. The summed E-state index contributed by atoms with van der Waals surface area (Å²) in [5, 5.41) is 12.5. The summed E-state index contributed by atoms with van der Waals surface area (Å²) in [6, 6.07) is 0.308. The minimum atomic E-state index is -0.436. The Labute approximate surface area is 150 Å². The standard InChI is InChI=1S/C17H29BN4O3/c1-16(2)17(3,4)25-18(24-16)13-10-19-15(20-11-13)21-14-6-5-7-22(12-14)8-9-23/h10-11,14,23H,5-9,12H2,1-4H3,(H,19,20,21). The predicted octanol–water partition coefficient (Wildman–Crippen LogP) is 0.644. The number of piperidine rings is 1. The van der Waals surface area contributed by atoms with E-state index >= 15 is 0 Å². The first-order chi connectivity index (χ1) is 11.8. The molecule has 1 aromatic rings. The Morgan fingerprint density at radius 2 is 1.88 bits per heavy atom. The van der Waals surface area contributed by atoms with E-state index in [1.807, 2.05) is 27.7 Å². The minimum Gasteiger partial charge on any atom is -0.399 e. The maximum absolute atomic E-state index is 9.09. The first kappa shape index (κ1) is 18.6. The first-order valence-electron chi connectivity index (χ1n) is 9.08. The van der Waals surface area contributed by atoms with Crippen molar-refractivity contribution in [2.45, 2.75) is 57.8 Å². The van der Waals surface area contributed by atoms with Crippen molar-refractivity contribution < 1.29 is 14.4 Å². The summed E-state index contributed by atoms with van der Waals surface area (Å²) in [7, 11) is -0.436. The van der Waals surface area contributed by atoms with Gasteiger partial charge in [-0.25, -0.2) is 9.97 Å². The van der Waals surface area contributed by atoms with Crippen molar-refractivity contribution in [1.82, 2.24) is 14.9 Å². The van der Waals surface area contributed by atoms with E-state index in [4.69, 9.17) is 14.4 Å². The van der Waals surface area contributed by atoms with Crippen molar-refractivity contribution >= 4 is 18.5 Å². The fourth-order valence-corrected chi connectivity index (χ4v) is 3.21. The minimum absolute atomic E-state index is 0.200. The van der Waals surface area contributed by atoms with Gasteiger partial charge in [-0.15, -0.1) is 0 Å². The number of hydrogen-bond acceptors (Lipinski definition) is 7. The molecule has 2 aliphatic rings. The largest absolute Gasteiger partial charge is 0.498 e. The van der Waals surface area contributed by atoms with Gasteiger partial charge in [0.1, 0.15) is 0 Å². The van der Waals surface area contributed by atoms with Crippen LogP contribution in [0.25, 0.3) is 0 Å². The van der Waals surface area contributed by atoms with Crippen LogP contribution in [0.5, 0.6) is 0 Å². The van der Waals surface area contributed by atoms with Crippen molar-refractivity contribution in [3.63, 3.8) is 0 Å². The topological polar surface area (TPSA) is 79.7 Å². The zero-order chi connectivity index (χ0) is 18.1. The van der Waals surface area contributed by atoms with E-state index in [1.165, 1.54) is 0 Å². The predicted molar refractivity (Wildman–Crippen MR) is 97.9 cm³/mol. The maximum Gasteiger partial charge on any atom is 0.498 e. The van der Waals surface area contributed by atoms with Gasteiger partial charge in [0.2, 0.25) is 5.95 Å². The van der Waals surface area contributed by atoms with Gasteiger partial charge >= 0.3 is 7.12 Å². The molecule has 2 aliphatic heterocycles. The number of likely N-dealkylation sites (tertiary alicyclic amines) is 1. The van der Waals surface area contributed by atoms with Crippen LogP contribution in [0.15, 0.2) is 12.4 Å². The van der Waals surface area contributed by atoms with Crippen LogP contribution in [-0.4, -0.2) is 70.6 Å². The lowest BCUT2D eigenvalue weighted by Crippen LogP contribution is -2.43. The average molecular weight is 348 g/mol. The average Bonchev–Trinajstić information content (AvgIpc) is 2.77. The fraction of sp³-hybridized carbons (Fsp3) is 0.765. The van der Waals surface area contributed by atoms with E-state index in [0.29, 0.717) is 12.0 Å². The fourth-order valence-electron chi connectivity index (χ4n) is 3.21. The number of aliphatic hydroxyl groups is 1. The third-order valence-corrected chi connectivity index (χ3v) is 5.45. The summed E-state index contributed by atoms with van der Waals surface area (Å²) in [6.45, 7) is 11.0. The Kier molecular flexibility index (Phi) is 5.34. The number of hydrogen-bond donors (Lipinski definition) is 2. The van der Waals surface area contributed by atoms with Crippen molar-refractivity contribution in [3.8, 4) is 0 Å². The molecule has 2 fully saturated rings. The molecule has 0 saturated carbocycles. The molecule has 7 nitrogen and oxygen atoms in total. The molecule has 1 aromatic heterocycles. The van der Waals surface area contributed by atoms with Gasteiger partial charge in [0.25, 0.3) is 0 Å². The number of anilines is 1. The van der Waals surface area contributed by atoms with Gasteiger partial charge in [-0.1, -0.05) is 0 Å². The number of β-amino-alcohol motifs (C(OH)–C–C–N with tert-alkyl or cyclic N) is 1. The monoisotopic (exact) mass is 348 g/mol. The first-order valence-corrected chi connectivity index (χ1v) is 9.08. The Hall–Kier alpha value is -1.22. The highest BCUT2D eigenvalue weighted by atomic mass is 16.7. The van der Waals surface area contributed by atoms with Crippen LogP contribution in [0.2, 0.25) is 0 Å². The van der Waals surface area contributed by atoms with Crippen LogP contribution in [0.1, 0.15) is 40.5 Å². The van der Waals surface area contributed by atoms with Crippen molar-refractivity contribution in [2.24, 2.45) is 0 Å². The van der Waals surface area contributed by atoms with E-state index < -0.39 is 7.12 Å². The molecule has 1 atom stereocenters. The van der Waals surface area contributed by atoms with Gasteiger partial charge in [0, 0.05) is 37.0 Å². The zero-order valence-electron chi connectivity index (χ0n) is 15.7. The molecule has 2 N–H and O–H groups in total. The van der Waals surface area contributed by atoms with Gasteiger partial charge in [0.05, 0.1) is 17.8 Å². The Morgan fingerprint density at radius 1 is 1.24 bits per heavy atom. The summed E-state index contributed by atoms with van der Waals surface area (Å²) >= 11 is 0. The van der Waals surface area contributed by atoms with E-state index in [0.717, 1.165) is 37.9 Å². The molecule has 138 valence electrons. The molecular weight excluding hydrogens is 319 g/mol. The molecule has 0 aromatic carbocycles. The van der Waals surface area contributed by atoms with Crippen LogP contribution >= 0.6 is 0 Å². The Morgan fingerprint density at radius 3 is 2.48 bits per heavy atom. The summed E-state index contributed by atoms with van der Waals surface area (Å²) in [5.41, 5.74) is 0.0921. The Balaban J connectivity index is 1.60. The number of nitrogens with zero attached hydrogens (tertiary/aromatic N) is 3. The summed E-state index contributed by atoms with van der Waals surface area (Å²) < 4.78 is 12.1. The lowest BCUT2D eigenvalue weighted by Gasteiger charge is -2.32. The number of aromatic nitrogens is 2. The van der Waals surface area contributed by atoms with Crippen molar-refractivity contribution in [1.29, 1.82) is 0 Å². The smallest absolute Gasteiger partial charge is 0.399 e.